The molecule has 2 heterocycles. The summed E-state index contributed by atoms with van der Waals surface area (Å²) in [5.41, 5.74) is -0.620. The van der Waals surface area contributed by atoms with Crippen molar-refractivity contribution in [3.05, 3.63) is 41.0 Å². The zero-order valence-electron chi connectivity index (χ0n) is 13.5. The quantitative estimate of drug-likeness (QED) is 0.842. The van der Waals surface area contributed by atoms with Crippen molar-refractivity contribution in [1.82, 2.24) is 15.5 Å². The predicted octanol–water partition coefficient (Wildman–Crippen LogP) is 2.30. The Morgan fingerprint density at radius 2 is 2.04 bits per heavy atom. The summed E-state index contributed by atoms with van der Waals surface area (Å²) >= 11 is 0. The van der Waals surface area contributed by atoms with E-state index in [1.165, 1.54) is 6.07 Å². The number of rotatable bonds is 5. The van der Waals surface area contributed by atoms with Crippen LogP contribution in [0.2, 0.25) is 0 Å². The topological polar surface area (TPSA) is 102 Å². The lowest BCUT2D eigenvalue weighted by Crippen LogP contribution is -2.25. The molecule has 1 aliphatic rings. The van der Waals surface area contributed by atoms with Crippen LogP contribution in [-0.4, -0.2) is 30.7 Å². The van der Waals surface area contributed by atoms with E-state index in [0.717, 1.165) is 25.3 Å². The van der Waals surface area contributed by atoms with E-state index >= 15 is 0 Å². The third kappa shape index (κ3) is 4.03. The number of sulfone groups is 1. The molecule has 2 aromatic heterocycles. The highest BCUT2D eigenvalue weighted by molar-refractivity contribution is 7.90. The fourth-order valence-corrected chi connectivity index (χ4v) is 2.93. The third-order valence-corrected chi connectivity index (χ3v) is 4.90. The molecule has 0 aliphatic heterocycles. The van der Waals surface area contributed by atoms with Crippen LogP contribution < -0.4 is 5.32 Å². The molecule has 1 saturated carbocycles. The van der Waals surface area contributed by atoms with Crippen LogP contribution in [0.1, 0.15) is 46.3 Å². The molecule has 0 atom stereocenters. The monoisotopic (exact) mass is 389 g/mol. The normalized spacial score (nSPS) is 15.1. The summed E-state index contributed by atoms with van der Waals surface area (Å²) in [6.45, 7) is -0.304. The number of halogens is 3. The second-order valence-electron chi connectivity index (χ2n) is 6.01. The average Bonchev–Trinajstić information content (AvgIpc) is 3.27. The van der Waals surface area contributed by atoms with Crippen LogP contribution in [0.15, 0.2) is 27.7 Å². The first kappa shape index (κ1) is 18.4. The summed E-state index contributed by atoms with van der Waals surface area (Å²) in [5.74, 6) is -0.740. The Morgan fingerprint density at radius 1 is 1.35 bits per heavy atom. The minimum absolute atomic E-state index is 0.0148. The highest BCUT2D eigenvalue weighted by atomic mass is 32.2. The van der Waals surface area contributed by atoms with Gasteiger partial charge in [-0.25, -0.2) is 13.4 Å². The zero-order valence-corrected chi connectivity index (χ0v) is 14.3. The van der Waals surface area contributed by atoms with Gasteiger partial charge in [-0.05, 0) is 30.4 Å². The van der Waals surface area contributed by atoms with Crippen molar-refractivity contribution in [3.63, 3.8) is 0 Å². The fraction of sp³-hybridized carbons (Fsp3) is 0.400. The van der Waals surface area contributed by atoms with E-state index in [4.69, 9.17) is 0 Å². The van der Waals surface area contributed by atoms with Gasteiger partial charge in [-0.3, -0.25) is 4.79 Å². The Balaban J connectivity index is 1.76. The highest BCUT2D eigenvalue weighted by Crippen LogP contribution is 2.41. The largest absolute Gasteiger partial charge is 0.436 e. The molecule has 0 spiro atoms. The van der Waals surface area contributed by atoms with Gasteiger partial charge in [-0.2, -0.15) is 13.2 Å². The summed E-state index contributed by atoms with van der Waals surface area (Å²) in [6.07, 6.45) is -0.874. The molecule has 1 N–H and O–H groups in total. The van der Waals surface area contributed by atoms with Gasteiger partial charge in [0.25, 0.3) is 5.91 Å². The van der Waals surface area contributed by atoms with Crippen LogP contribution >= 0.6 is 0 Å². The van der Waals surface area contributed by atoms with Crippen LogP contribution in [-0.2, 0) is 22.6 Å². The van der Waals surface area contributed by atoms with Gasteiger partial charge in [0, 0.05) is 18.5 Å². The maximum atomic E-state index is 12.5. The molecule has 0 unspecified atom stereocenters. The third-order valence-electron chi connectivity index (χ3n) is 3.83. The molecule has 140 valence electrons. The first-order valence-electron chi connectivity index (χ1n) is 7.56. The number of nitrogens with zero attached hydrogens (tertiary/aromatic N) is 2. The number of nitrogens with one attached hydrogen (secondary N) is 1. The summed E-state index contributed by atoms with van der Waals surface area (Å²) in [5, 5.41) is 5.31. The van der Waals surface area contributed by atoms with Crippen molar-refractivity contribution < 1.29 is 30.9 Å². The second kappa shape index (κ2) is 6.38. The summed E-state index contributed by atoms with van der Waals surface area (Å²) in [7, 11) is -3.46. The van der Waals surface area contributed by atoms with E-state index in [1.54, 1.807) is 0 Å². The predicted molar refractivity (Wildman–Crippen MR) is 82.0 cm³/mol. The summed E-state index contributed by atoms with van der Waals surface area (Å²) in [4.78, 5) is 16.3. The van der Waals surface area contributed by atoms with Crippen molar-refractivity contribution in [3.8, 4) is 0 Å². The lowest BCUT2D eigenvalue weighted by molar-refractivity contribution is -0.142. The summed E-state index contributed by atoms with van der Waals surface area (Å²) in [6, 6.07) is 2.12. The van der Waals surface area contributed by atoms with Crippen LogP contribution in [0.25, 0.3) is 0 Å². The molecule has 26 heavy (non-hydrogen) atoms. The van der Waals surface area contributed by atoms with E-state index in [2.05, 4.69) is 20.0 Å². The number of carbonyl (C=O) groups is 1. The molecular formula is C15H14F3N3O4S. The lowest BCUT2D eigenvalue weighted by Gasteiger charge is -2.09. The SMILES string of the molecule is CS(=O)(=O)c1cnc(C(=O)NCc2cc(C(F)(F)F)no2)c(C2CC2)c1. The molecule has 1 fully saturated rings. The van der Waals surface area contributed by atoms with E-state index in [0.29, 0.717) is 11.6 Å². The molecule has 11 heteroatoms. The minimum atomic E-state index is -4.63. The number of alkyl halides is 3. The van der Waals surface area contributed by atoms with Gasteiger partial charge in [0.15, 0.2) is 21.3 Å². The molecule has 1 aliphatic carbocycles. The van der Waals surface area contributed by atoms with Crippen LogP contribution in [0.3, 0.4) is 0 Å². The first-order chi connectivity index (χ1) is 12.1. The van der Waals surface area contributed by atoms with Gasteiger partial charge >= 0.3 is 6.18 Å². The Bertz CT molecular complexity index is 949. The van der Waals surface area contributed by atoms with Crippen molar-refractivity contribution in [1.29, 1.82) is 0 Å². The van der Waals surface area contributed by atoms with E-state index in [9.17, 15) is 26.4 Å². The van der Waals surface area contributed by atoms with Crippen LogP contribution in [0.4, 0.5) is 13.2 Å². The molecule has 7 nitrogen and oxygen atoms in total. The first-order valence-corrected chi connectivity index (χ1v) is 9.46. The molecule has 0 saturated heterocycles. The molecule has 0 bridgehead atoms. The minimum Gasteiger partial charge on any atom is -0.359 e. The number of amides is 1. The number of carbonyl (C=O) groups excluding carboxylic acids is 1. The lowest BCUT2D eigenvalue weighted by atomic mass is 10.1. The standard InChI is InChI=1S/C15H14F3N3O4S/c1-26(23,24)10-5-11(8-2-3-8)13(19-7-10)14(22)20-6-9-4-12(21-25-9)15(16,17)18/h4-5,7-8H,2-3,6H2,1H3,(H,20,22). The number of hydrogen-bond donors (Lipinski definition) is 1. The Kier molecular flexibility index (Phi) is 4.51. The van der Waals surface area contributed by atoms with Crippen molar-refractivity contribution >= 4 is 15.7 Å². The summed E-state index contributed by atoms with van der Waals surface area (Å²) < 4.78 is 65.3. The Hall–Kier alpha value is -2.43. The van der Waals surface area contributed by atoms with Crippen molar-refractivity contribution in [2.24, 2.45) is 0 Å². The van der Waals surface area contributed by atoms with Gasteiger partial charge in [-0.1, -0.05) is 5.16 Å². The molecule has 1 amide bonds. The van der Waals surface area contributed by atoms with Crippen molar-refractivity contribution in [2.45, 2.75) is 36.4 Å². The van der Waals surface area contributed by atoms with E-state index in [1.807, 2.05) is 0 Å². The molecule has 3 rings (SSSR count). The number of hydrogen-bond acceptors (Lipinski definition) is 6. The second-order valence-corrected chi connectivity index (χ2v) is 8.03. The van der Waals surface area contributed by atoms with Gasteiger partial charge in [0.1, 0.15) is 5.69 Å². The van der Waals surface area contributed by atoms with Gasteiger partial charge in [-0.15, -0.1) is 0 Å². The highest BCUT2D eigenvalue weighted by Gasteiger charge is 2.35. The smallest absolute Gasteiger partial charge is 0.359 e. The van der Waals surface area contributed by atoms with E-state index in [-0.39, 0.29) is 28.8 Å². The molecule has 0 radical (unpaired) electrons. The molecule has 2 aromatic rings. The van der Waals surface area contributed by atoms with Gasteiger partial charge in [0.2, 0.25) is 0 Å². The van der Waals surface area contributed by atoms with E-state index < -0.39 is 27.6 Å². The van der Waals surface area contributed by atoms with Crippen LogP contribution in [0.5, 0.6) is 0 Å². The maximum absolute atomic E-state index is 12.5. The number of pyridine rings is 1. The average molecular weight is 389 g/mol. The van der Waals surface area contributed by atoms with Gasteiger partial charge < -0.3 is 9.84 Å². The Labute approximate surface area is 146 Å². The van der Waals surface area contributed by atoms with Crippen LogP contribution in [0, 0.1) is 0 Å². The zero-order chi connectivity index (χ0) is 19.1. The van der Waals surface area contributed by atoms with Gasteiger partial charge in [0.05, 0.1) is 11.4 Å². The Morgan fingerprint density at radius 3 is 2.58 bits per heavy atom. The van der Waals surface area contributed by atoms with Crippen molar-refractivity contribution in [2.75, 3.05) is 6.26 Å². The molecular weight excluding hydrogens is 375 g/mol. The fourth-order valence-electron chi connectivity index (χ4n) is 2.34. The molecule has 0 aromatic carbocycles. The maximum Gasteiger partial charge on any atom is 0.436 e. The number of aromatic nitrogens is 2.